The minimum absolute atomic E-state index is 0.0435. The summed E-state index contributed by atoms with van der Waals surface area (Å²) in [6.07, 6.45) is 0.823. The van der Waals surface area contributed by atoms with E-state index in [9.17, 15) is 9.59 Å². The van der Waals surface area contributed by atoms with Gasteiger partial charge in [0, 0.05) is 16.2 Å². The van der Waals surface area contributed by atoms with E-state index in [0.29, 0.717) is 0 Å². The fourth-order valence-corrected chi connectivity index (χ4v) is 3.84. The lowest BCUT2D eigenvalue weighted by Gasteiger charge is -2.13. The lowest BCUT2D eigenvalue weighted by Crippen LogP contribution is -2.35. The van der Waals surface area contributed by atoms with Crippen LogP contribution in [0, 0.1) is 0 Å². The number of carbonyl (C=O) groups is 2. The van der Waals surface area contributed by atoms with Crippen molar-refractivity contribution >= 4 is 56.5 Å². The van der Waals surface area contributed by atoms with Gasteiger partial charge in [0.1, 0.15) is 0 Å². The number of halogens is 1. The van der Waals surface area contributed by atoms with Crippen LogP contribution >= 0.6 is 39.0 Å². The van der Waals surface area contributed by atoms with Crippen LogP contribution in [0.5, 0.6) is 0 Å². The van der Waals surface area contributed by atoms with Gasteiger partial charge in [-0.1, -0.05) is 22.0 Å². The van der Waals surface area contributed by atoms with Gasteiger partial charge in [-0.15, -0.1) is 11.8 Å². The van der Waals surface area contributed by atoms with Crippen molar-refractivity contribution in [3.05, 3.63) is 51.1 Å². The maximum absolute atomic E-state index is 11.9. The van der Waals surface area contributed by atoms with Crippen molar-refractivity contribution in [1.82, 2.24) is 5.32 Å². The van der Waals surface area contributed by atoms with Gasteiger partial charge in [0.25, 0.3) is 0 Å². The molecule has 1 aromatic carbocycles. The number of carbonyl (C=O) groups excluding carboxylic acids is 2. The maximum atomic E-state index is 11.9. The van der Waals surface area contributed by atoms with Gasteiger partial charge >= 0.3 is 0 Å². The van der Waals surface area contributed by atoms with Gasteiger partial charge in [-0.3, -0.25) is 9.59 Å². The van der Waals surface area contributed by atoms with Crippen molar-refractivity contribution in [1.29, 1.82) is 0 Å². The third-order valence-corrected chi connectivity index (χ3v) is 5.26. The zero-order chi connectivity index (χ0) is 17.4. The summed E-state index contributed by atoms with van der Waals surface area (Å²) in [6, 6.07) is 9.56. The molecule has 0 fully saturated rings. The second-order valence-electron chi connectivity index (χ2n) is 5.36. The molecule has 1 heterocycles. The van der Waals surface area contributed by atoms with Crippen molar-refractivity contribution in [2.45, 2.75) is 19.4 Å². The van der Waals surface area contributed by atoms with E-state index in [2.05, 4.69) is 38.0 Å². The molecule has 2 amide bonds. The number of thioether (sulfide) groups is 1. The third-order valence-electron chi connectivity index (χ3n) is 3.10. The molecule has 0 saturated carbocycles. The number of benzene rings is 1. The number of thiophene rings is 1. The first-order chi connectivity index (χ1) is 11.5. The van der Waals surface area contributed by atoms with Crippen molar-refractivity contribution in [3.63, 3.8) is 0 Å². The van der Waals surface area contributed by atoms with Gasteiger partial charge in [-0.25, -0.2) is 0 Å². The summed E-state index contributed by atoms with van der Waals surface area (Å²) >= 11 is 6.32. The Labute approximate surface area is 158 Å². The molecule has 0 saturated heterocycles. The molecule has 0 aliphatic carbocycles. The van der Waals surface area contributed by atoms with Crippen LogP contribution in [0.1, 0.15) is 12.5 Å². The highest BCUT2D eigenvalue weighted by atomic mass is 79.9. The van der Waals surface area contributed by atoms with E-state index in [1.54, 1.807) is 11.3 Å². The smallest absolute Gasteiger partial charge is 0.234 e. The van der Waals surface area contributed by atoms with Crippen LogP contribution in [0.2, 0.25) is 0 Å². The van der Waals surface area contributed by atoms with E-state index >= 15 is 0 Å². The Morgan fingerprint density at radius 1 is 1.25 bits per heavy atom. The Morgan fingerprint density at radius 3 is 2.75 bits per heavy atom. The average Bonchev–Trinajstić information content (AvgIpc) is 2.99. The van der Waals surface area contributed by atoms with Gasteiger partial charge in [0.2, 0.25) is 11.8 Å². The molecule has 0 bridgehead atoms. The Kier molecular flexibility index (Phi) is 7.81. The molecule has 128 valence electrons. The van der Waals surface area contributed by atoms with Gasteiger partial charge < -0.3 is 10.6 Å². The van der Waals surface area contributed by atoms with Crippen LogP contribution in [-0.2, 0) is 16.0 Å². The second-order valence-corrected chi connectivity index (χ2v) is 8.04. The Bertz CT molecular complexity index is 677. The highest BCUT2D eigenvalue weighted by molar-refractivity contribution is 9.10. The first-order valence-corrected chi connectivity index (χ1v) is 10.4. The fraction of sp³-hybridized carbons (Fsp3) is 0.294. The van der Waals surface area contributed by atoms with Crippen LogP contribution in [0.15, 0.2) is 45.6 Å². The third kappa shape index (κ3) is 7.07. The molecule has 0 spiro atoms. The van der Waals surface area contributed by atoms with E-state index in [0.717, 1.165) is 16.6 Å². The zero-order valence-corrected chi connectivity index (χ0v) is 16.5. The topological polar surface area (TPSA) is 58.2 Å². The Balaban J connectivity index is 1.64. The van der Waals surface area contributed by atoms with Crippen LogP contribution in [0.25, 0.3) is 0 Å². The molecule has 24 heavy (non-hydrogen) atoms. The molecule has 2 aromatic rings. The summed E-state index contributed by atoms with van der Waals surface area (Å²) in [4.78, 5) is 23.8. The normalized spacial score (nSPS) is 11.8. The van der Waals surface area contributed by atoms with E-state index in [1.165, 1.54) is 17.3 Å². The number of anilines is 1. The van der Waals surface area contributed by atoms with Crippen molar-refractivity contribution in [2.24, 2.45) is 0 Å². The van der Waals surface area contributed by atoms with Gasteiger partial charge in [0.15, 0.2) is 0 Å². The molecule has 0 aliphatic heterocycles. The summed E-state index contributed by atoms with van der Waals surface area (Å²) in [5, 5.41) is 9.88. The van der Waals surface area contributed by atoms with Crippen LogP contribution in [-0.4, -0.2) is 29.4 Å². The van der Waals surface area contributed by atoms with Crippen molar-refractivity contribution in [3.8, 4) is 0 Å². The minimum atomic E-state index is -0.114. The van der Waals surface area contributed by atoms with E-state index < -0.39 is 0 Å². The lowest BCUT2D eigenvalue weighted by atomic mass is 10.1. The van der Waals surface area contributed by atoms with Crippen LogP contribution < -0.4 is 10.6 Å². The van der Waals surface area contributed by atoms with E-state index in [4.69, 9.17) is 0 Å². The summed E-state index contributed by atoms with van der Waals surface area (Å²) in [6.45, 7) is 1.99. The Hall–Kier alpha value is -1.31. The molecule has 2 rings (SSSR count). The van der Waals surface area contributed by atoms with Crippen molar-refractivity contribution < 1.29 is 9.59 Å². The van der Waals surface area contributed by atoms with E-state index in [1.807, 2.05) is 36.6 Å². The van der Waals surface area contributed by atoms with Gasteiger partial charge in [-0.05, 0) is 53.9 Å². The SMILES string of the molecule is CC(Cc1ccsc1)NC(=O)CSCC(=O)Nc1cccc(Br)c1. The second kappa shape index (κ2) is 9.86. The molecule has 2 N–H and O–H groups in total. The maximum Gasteiger partial charge on any atom is 0.234 e. The van der Waals surface area contributed by atoms with Gasteiger partial charge in [0.05, 0.1) is 11.5 Å². The van der Waals surface area contributed by atoms with Crippen molar-refractivity contribution in [2.75, 3.05) is 16.8 Å². The molecule has 1 aromatic heterocycles. The predicted octanol–water partition coefficient (Wildman–Crippen LogP) is 3.93. The minimum Gasteiger partial charge on any atom is -0.353 e. The summed E-state index contributed by atoms with van der Waals surface area (Å²) in [5.41, 5.74) is 1.97. The summed E-state index contributed by atoms with van der Waals surface area (Å²) in [5.74, 6) is 0.369. The van der Waals surface area contributed by atoms with Crippen LogP contribution in [0.3, 0.4) is 0 Å². The van der Waals surface area contributed by atoms with Gasteiger partial charge in [-0.2, -0.15) is 11.3 Å². The summed E-state index contributed by atoms with van der Waals surface area (Å²) < 4.78 is 0.909. The number of amides is 2. The number of hydrogen-bond acceptors (Lipinski definition) is 4. The van der Waals surface area contributed by atoms with Crippen LogP contribution in [0.4, 0.5) is 5.69 Å². The highest BCUT2D eigenvalue weighted by Gasteiger charge is 2.10. The van der Waals surface area contributed by atoms with E-state index in [-0.39, 0.29) is 29.4 Å². The largest absolute Gasteiger partial charge is 0.353 e. The summed E-state index contributed by atoms with van der Waals surface area (Å²) in [7, 11) is 0. The molecule has 0 radical (unpaired) electrons. The Morgan fingerprint density at radius 2 is 2.04 bits per heavy atom. The first-order valence-electron chi connectivity index (χ1n) is 7.46. The highest BCUT2D eigenvalue weighted by Crippen LogP contribution is 2.16. The molecule has 1 atom stereocenters. The molecular weight excluding hydrogens is 408 g/mol. The average molecular weight is 427 g/mol. The molecule has 1 unspecified atom stereocenters. The lowest BCUT2D eigenvalue weighted by molar-refractivity contribution is -0.119. The first kappa shape index (κ1) is 19.0. The number of nitrogens with one attached hydrogen (secondary N) is 2. The number of rotatable bonds is 8. The standard InChI is InChI=1S/C17H19BrN2O2S2/c1-12(7-13-5-6-23-9-13)19-16(21)10-24-11-17(22)20-15-4-2-3-14(18)8-15/h2-6,8-9,12H,7,10-11H2,1H3,(H,19,21)(H,20,22). The molecule has 4 nitrogen and oxygen atoms in total. The fourth-order valence-electron chi connectivity index (χ4n) is 2.13. The molecular formula is C17H19BrN2O2S2. The number of hydrogen-bond donors (Lipinski definition) is 2. The monoisotopic (exact) mass is 426 g/mol. The predicted molar refractivity (Wildman–Crippen MR) is 106 cm³/mol. The molecule has 0 aliphatic rings. The molecule has 7 heteroatoms. The zero-order valence-electron chi connectivity index (χ0n) is 13.3. The quantitative estimate of drug-likeness (QED) is 0.671.